The van der Waals surface area contributed by atoms with Crippen LogP contribution in [-0.4, -0.2) is 15.1 Å². The Morgan fingerprint density at radius 2 is 2.43 bits per heavy atom. The van der Waals surface area contributed by atoms with Gasteiger partial charge in [-0.25, -0.2) is 4.98 Å². The van der Waals surface area contributed by atoms with Crippen LogP contribution >= 0.6 is 11.3 Å². The zero-order chi connectivity index (χ0) is 9.97. The molecule has 0 bridgehead atoms. The largest absolute Gasteiger partial charge is 0.387 e. The lowest BCUT2D eigenvalue weighted by atomic mass is 10.2. The maximum atomic E-state index is 9.86. The van der Waals surface area contributed by atoms with E-state index in [1.165, 1.54) is 4.88 Å². The predicted molar refractivity (Wildman–Crippen MR) is 56.3 cm³/mol. The first-order valence-electron chi connectivity index (χ1n) is 4.48. The monoisotopic (exact) mass is 208 g/mol. The molecule has 14 heavy (non-hydrogen) atoms. The molecule has 0 aliphatic carbocycles. The number of aromatic nitrogens is 2. The average molecular weight is 208 g/mol. The van der Waals surface area contributed by atoms with E-state index in [1.807, 2.05) is 19.1 Å². The molecule has 0 aliphatic rings. The van der Waals surface area contributed by atoms with Gasteiger partial charge in [-0.15, -0.1) is 11.3 Å². The fraction of sp³-hybridized carbons (Fsp3) is 0.300. The topological polar surface area (TPSA) is 48.9 Å². The van der Waals surface area contributed by atoms with Gasteiger partial charge in [-0.3, -0.25) is 0 Å². The van der Waals surface area contributed by atoms with Crippen molar-refractivity contribution in [2.75, 3.05) is 0 Å². The highest BCUT2D eigenvalue weighted by Gasteiger charge is 2.11. The van der Waals surface area contributed by atoms with E-state index in [-0.39, 0.29) is 0 Å². The number of hydrogen-bond donors (Lipinski definition) is 2. The van der Waals surface area contributed by atoms with E-state index < -0.39 is 6.10 Å². The minimum Gasteiger partial charge on any atom is -0.387 e. The second kappa shape index (κ2) is 3.94. The summed E-state index contributed by atoms with van der Waals surface area (Å²) in [5.41, 5.74) is 0. The molecular weight excluding hydrogens is 196 g/mol. The third kappa shape index (κ3) is 2.02. The van der Waals surface area contributed by atoms with Gasteiger partial charge < -0.3 is 10.1 Å². The number of aryl methyl sites for hydroxylation is 1. The molecule has 1 atom stereocenters. The number of nitrogens with one attached hydrogen (secondary N) is 1. The van der Waals surface area contributed by atoms with Crippen LogP contribution in [0.25, 0.3) is 0 Å². The summed E-state index contributed by atoms with van der Waals surface area (Å²) in [6.45, 7) is 2.04. The Hall–Kier alpha value is -1.13. The molecule has 2 aromatic rings. The summed E-state index contributed by atoms with van der Waals surface area (Å²) in [6.07, 6.45) is 3.57. The Balaban J connectivity index is 2.06. The quantitative estimate of drug-likeness (QED) is 0.811. The van der Waals surface area contributed by atoms with Crippen LogP contribution in [0.15, 0.2) is 24.5 Å². The first-order valence-corrected chi connectivity index (χ1v) is 5.30. The number of hydrogen-bond acceptors (Lipinski definition) is 3. The molecule has 0 spiro atoms. The molecule has 2 rings (SSSR count). The molecule has 0 aliphatic heterocycles. The number of aromatic amines is 1. The van der Waals surface area contributed by atoms with Crippen molar-refractivity contribution in [2.24, 2.45) is 0 Å². The summed E-state index contributed by atoms with van der Waals surface area (Å²) >= 11 is 1.63. The summed E-state index contributed by atoms with van der Waals surface area (Å²) in [5.74, 6) is 0.823. The number of nitrogens with zero attached hydrogens (tertiary/aromatic N) is 1. The molecule has 2 heterocycles. The van der Waals surface area contributed by atoms with Crippen LogP contribution in [0.2, 0.25) is 0 Å². The summed E-state index contributed by atoms with van der Waals surface area (Å²) < 4.78 is 0. The maximum Gasteiger partial charge on any atom is 0.108 e. The van der Waals surface area contributed by atoms with Crippen LogP contribution in [0.4, 0.5) is 0 Å². The van der Waals surface area contributed by atoms with Gasteiger partial charge >= 0.3 is 0 Å². The van der Waals surface area contributed by atoms with Crippen molar-refractivity contribution in [2.45, 2.75) is 19.4 Å². The highest BCUT2D eigenvalue weighted by Crippen LogP contribution is 2.24. The van der Waals surface area contributed by atoms with E-state index >= 15 is 0 Å². The molecule has 2 aromatic heterocycles. The molecule has 0 radical (unpaired) electrons. The molecule has 2 N–H and O–H groups in total. The molecule has 0 fully saturated rings. The van der Waals surface area contributed by atoms with Crippen molar-refractivity contribution >= 4 is 11.3 Å². The minimum absolute atomic E-state index is 0.445. The van der Waals surface area contributed by atoms with Crippen LogP contribution in [0.3, 0.4) is 0 Å². The second-order valence-electron chi connectivity index (χ2n) is 3.20. The molecule has 3 nitrogen and oxygen atoms in total. The SMILES string of the molecule is Cc1ccc(C(O)Cc2ncc[nH]2)s1. The van der Waals surface area contributed by atoms with Crippen LogP contribution < -0.4 is 0 Å². The first kappa shape index (κ1) is 9.43. The van der Waals surface area contributed by atoms with Gasteiger partial charge in [0.2, 0.25) is 0 Å². The van der Waals surface area contributed by atoms with Crippen molar-refractivity contribution in [3.8, 4) is 0 Å². The average Bonchev–Trinajstić information content (AvgIpc) is 2.75. The lowest BCUT2D eigenvalue weighted by molar-refractivity contribution is 0.180. The Morgan fingerprint density at radius 3 is 3.00 bits per heavy atom. The Kier molecular flexibility index (Phi) is 2.65. The molecule has 0 amide bonds. The normalized spacial score (nSPS) is 13.0. The van der Waals surface area contributed by atoms with Crippen molar-refractivity contribution in [1.29, 1.82) is 0 Å². The maximum absolute atomic E-state index is 9.86. The van der Waals surface area contributed by atoms with Gasteiger partial charge in [-0.05, 0) is 19.1 Å². The predicted octanol–water partition coefficient (Wildman–Crippen LogP) is 2.06. The standard InChI is InChI=1S/C10H12N2OS/c1-7-2-3-9(14-7)8(13)6-10-11-4-5-12-10/h2-5,8,13H,6H2,1H3,(H,11,12). The molecule has 0 aromatic carbocycles. The minimum atomic E-state index is -0.445. The van der Waals surface area contributed by atoms with Crippen molar-refractivity contribution in [1.82, 2.24) is 9.97 Å². The fourth-order valence-corrected chi connectivity index (χ4v) is 2.19. The molecular formula is C10H12N2OS. The third-order valence-corrected chi connectivity index (χ3v) is 3.13. The Bertz CT molecular complexity index is 394. The van der Waals surface area contributed by atoms with Gasteiger partial charge in [0, 0.05) is 28.6 Å². The zero-order valence-electron chi connectivity index (χ0n) is 7.90. The highest BCUT2D eigenvalue weighted by atomic mass is 32.1. The number of aliphatic hydroxyl groups excluding tert-OH is 1. The second-order valence-corrected chi connectivity index (χ2v) is 4.52. The Labute approximate surface area is 86.4 Å². The smallest absolute Gasteiger partial charge is 0.108 e. The molecule has 74 valence electrons. The van der Waals surface area contributed by atoms with E-state index in [9.17, 15) is 5.11 Å². The van der Waals surface area contributed by atoms with Gasteiger partial charge in [0.15, 0.2) is 0 Å². The van der Waals surface area contributed by atoms with E-state index in [2.05, 4.69) is 9.97 Å². The molecule has 0 saturated heterocycles. The molecule has 0 saturated carbocycles. The van der Waals surface area contributed by atoms with E-state index in [0.717, 1.165) is 10.7 Å². The summed E-state index contributed by atoms with van der Waals surface area (Å²) in [5, 5.41) is 9.86. The van der Waals surface area contributed by atoms with Gasteiger partial charge in [-0.2, -0.15) is 0 Å². The van der Waals surface area contributed by atoms with Gasteiger partial charge in [-0.1, -0.05) is 0 Å². The molecule has 1 unspecified atom stereocenters. The van der Waals surface area contributed by atoms with Gasteiger partial charge in [0.1, 0.15) is 5.82 Å². The van der Waals surface area contributed by atoms with Crippen molar-refractivity contribution in [3.05, 3.63) is 40.1 Å². The molecule has 4 heteroatoms. The van der Waals surface area contributed by atoms with Gasteiger partial charge in [0.05, 0.1) is 6.10 Å². The van der Waals surface area contributed by atoms with Crippen LogP contribution in [0.1, 0.15) is 21.7 Å². The first-order chi connectivity index (χ1) is 6.75. The van der Waals surface area contributed by atoms with Crippen LogP contribution in [0, 0.1) is 6.92 Å². The summed E-state index contributed by atoms with van der Waals surface area (Å²) in [4.78, 5) is 9.28. The zero-order valence-corrected chi connectivity index (χ0v) is 8.71. The van der Waals surface area contributed by atoms with E-state index in [1.54, 1.807) is 23.7 Å². The van der Waals surface area contributed by atoms with E-state index in [4.69, 9.17) is 0 Å². The number of thiophene rings is 1. The number of imidazole rings is 1. The lowest BCUT2D eigenvalue weighted by Crippen LogP contribution is -2.00. The fourth-order valence-electron chi connectivity index (χ4n) is 1.33. The summed E-state index contributed by atoms with van der Waals surface area (Å²) in [6, 6.07) is 3.99. The van der Waals surface area contributed by atoms with Crippen LogP contribution in [0.5, 0.6) is 0 Å². The number of aliphatic hydroxyl groups is 1. The highest BCUT2D eigenvalue weighted by molar-refractivity contribution is 7.12. The van der Waals surface area contributed by atoms with Gasteiger partial charge in [0.25, 0.3) is 0 Å². The van der Waals surface area contributed by atoms with Crippen molar-refractivity contribution in [3.63, 3.8) is 0 Å². The third-order valence-electron chi connectivity index (χ3n) is 2.03. The lowest BCUT2D eigenvalue weighted by Gasteiger charge is -2.05. The Morgan fingerprint density at radius 1 is 1.57 bits per heavy atom. The number of H-pyrrole nitrogens is 1. The summed E-state index contributed by atoms with van der Waals surface area (Å²) in [7, 11) is 0. The van der Waals surface area contributed by atoms with Crippen molar-refractivity contribution < 1.29 is 5.11 Å². The van der Waals surface area contributed by atoms with Crippen LogP contribution in [-0.2, 0) is 6.42 Å². The van der Waals surface area contributed by atoms with E-state index in [0.29, 0.717) is 6.42 Å². The number of rotatable bonds is 3.